The van der Waals surface area contributed by atoms with E-state index in [9.17, 15) is 26.4 Å². The lowest BCUT2D eigenvalue weighted by atomic mass is 9.77. The first-order chi connectivity index (χ1) is 21.2. The number of carbonyl (C=O) groups excluding carboxylic acids is 1. The molecule has 45 heavy (non-hydrogen) atoms. The van der Waals surface area contributed by atoms with E-state index in [-0.39, 0.29) is 34.3 Å². The second-order valence-corrected chi connectivity index (χ2v) is 13.7. The van der Waals surface area contributed by atoms with Crippen molar-refractivity contribution >= 4 is 39.0 Å². The van der Waals surface area contributed by atoms with Crippen molar-refractivity contribution in [3.05, 3.63) is 77.0 Å². The Morgan fingerprint density at radius 2 is 1.91 bits per heavy atom. The molecule has 2 aromatic carbocycles. The Kier molecular flexibility index (Phi) is 9.57. The van der Waals surface area contributed by atoms with E-state index in [0.717, 1.165) is 37.1 Å². The topological polar surface area (TPSA) is 108 Å². The molecule has 2 heterocycles. The number of nitrogens with zero attached hydrogens (tertiary/aromatic N) is 4. The Morgan fingerprint density at radius 1 is 1.13 bits per heavy atom. The average molecular weight is 669 g/mol. The van der Waals surface area contributed by atoms with Gasteiger partial charge in [-0.05, 0) is 75.0 Å². The summed E-state index contributed by atoms with van der Waals surface area (Å²) >= 11 is 6.48. The Morgan fingerprint density at radius 3 is 2.58 bits per heavy atom. The number of halogens is 5. The summed E-state index contributed by atoms with van der Waals surface area (Å²) in [5.74, 6) is -1.66. The number of alkyl halides is 3. The fourth-order valence-electron chi connectivity index (χ4n) is 6.19. The van der Waals surface area contributed by atoms with Crippen LogP contribution in [-0.4, -0.2) is 73.4 Å². The van der Waals surface area contributed by atoms with Gasteiger partial charge in [-0.15, -0.1) is 0 Å². The molecule has 15 heteroatoms. The lowest BCUT2D eigenvalue weighted by molar-refractivity contribution is -0.137. The minimum absolute atomic E-state index is 0.0516. The van der Waals surface area contributed by atoms with Crippen LogP contribution >= 0.6 is 11.6 Å². The summed E-state index contributed by atoms with van der Waals surface area (Å²) in [6, 6.07) is 7.61. The number of hydrogen-bond donors (Lipinski definition) is 2. The van der Waals surface area contributed by atoms with Crippen LogP contribution in [0.3, 0.4) is 0 Å². The molecule has 0 radical (unpaired) electrons. The van der Waals surface area contributed by atoms with Crippen LogP contribution in [0.4, 0.5) is 29.1 Å². The molecular weight excluding hydrogens is 636 g/mol. The van der Waals surface area contributed by atoms with Crippen LogP contribution in [0.1, 0.15) is 42.7 Å². The third-order valence-corrected chi connectivity index (χ3v) is 10.2. The molecule has 242 valence electrons. The van der Waals surface area contributed by atoms with E-state index in [0.29, 0.717) is 37.8 Å². The molecule has 9 nitrogen and oxygen atoms in total. The van der Waals surface area contributed by atoms with Gasteiger partial charge in [0.2, 0.25) is 5.91 Å². The van der Waals surface area contributed by atoms with Crippen molar-refractivity contribution in [1.29, 1.82) is 0 Å². The Bertz CT molecular complexity index is 1650. The largest absolute Gasteiger partial charge is 0.416 e. The van der Waals surface area contributed by atoms with Gasteiger partial charge in [0.25, 0.3) is 10.0 Å². The van der Waals surface area contributed by atoms with Crippen molar-refractivity contribution in [3.63, 3.8) is 0 Å². The van der Waals surface area contributed by atoms with Gasteiger partial charge in [0.1, 0.15) is 22.9 Å². The summed E-state index contributed by atoms with van der Waals surface area (Å²) in [6.07, 6.45) is -0.0393. The van der Waals surface area contributed by atoms with Crippen LogP contribution in [0.25, 0.3) is 0 Å². The number of nitrogens with one attached hydrogen (secondary N) is 2. The summed E-state index contributed by atoms with van der Waals surface area (Å²) in [6.45, 7) is 1.38. The third kappa shape index (κ3) is 7.50. The smallest absolute Gasteiger partial charge is 0.379 e. The molecular formula is C30H33ClF4N6O3S. The minimum Gasteiger partial charge on any atom is -0.379 e. The summed E-state index contributed by atoms with van der Waals surface area (Å²) in [7, 11) is -0.761. The highest BCUT2D eigenvalue weighted by Gasteiger charge is 2.40. The van der Waals surface area contributed by atoms with Crippen LogP contribution in [0, 0.1) is 11.7 Å². The van der Waals surface area contributed by atoms with Gasteiger partial charge in [-0.2, -0.15) is 13.2 Å². The molecule has 1 unspecified atom stereocenters. The first kappa shape index (κ1) is 32.9. The fourth-order valence-corrected chi connectivity index (χ4v) is 7.57. The van der Waals surface area contributed by atoms with Crippen molar-refractivity contribution in [2.45, 2.75) is 54.8 Å². The van der Waals surface area contributed by atoms with Crippen LogP contribution in [-0.2, 0) is 21.0 Å². The highest BCUT2D eigenvalue weighted by molar-refractivity contribution is 7.92. The molecule has 3 aromatic rings. The Hall–Kier alpha value is -3.49. The zero-order valence-corrected chi connectivity index (χ0v) is 26.1. The second kappa shape index (κ2) is 13.1. The first-order valence-corrected chi connectivity index (χ1v) is 16.3. The quantitative estimate of drug-likeness (QED) is 0.300. The van der Waals surface area contributed by atoms with Gasteiger partial charge in [-0.25, -0.2) is 22.8 Å². The van der Waals surface area contributed by atoms with Crippen molar-refractivity contribution < 1.29 is 30.8 Å². The normalized spacial score (nSPS) is 22.6. The van der Waals surface area contributed by atoms with Crippen molar-refractivity contribution in [2.75, 3.05) is 37.2 Å². The number of carbonyl (C=O) groups is 1. The minimum atomic E-state index is -4.49. The number of anilines is 2. The molecule has 2 N–H and O–H groups in total. The lowest BCUT2D eigenvalue weighted by Crippen LogP contribution is -2.52. The summed E-state index contributed by atoms with van der Waals surface area (Å²) in [4.78, 5) is 24.1. The molecule has 1 aliphatic carbocycles. The molecule has 0 bridgehead atoms. The van der Waals surface area contributed by atoms with E-state index >= 15 is 4.39 Å². The van der Waals surface area contributed by atoms with Crippen molar-refractivity contribution in [3.8, 4) is 0 Å². The average Bonchev–Trinajstić information content (AvgIpc) is 3.44. The Balaban J connectivity index is 1.41. The molecule has 1 saturated carbocycles. The number of benzene rings is 2. The molecule has 1 saturated heterocycles. The van der Waals surface area contributed by atoms with Gasteiger partial charge < -0.3 is 15.1 Å². The molecule has 1 aliphatic heterocycles. The predicted octanol–water partition coefficient (Wildman–Crippen LogP) is 5.62. The maximum absolute atomic E-state index is 15.3. The fraction of sp³-hybridized carbons (Fsp3) is 0.433. The number of likely N-dealkylation sites (N-methyl/N-ethyl adjacent to an activating group) is 1. The Labute approximate surface area is 264 Å². The van der Waals surface area contributed by atoms with E-state index < -0.39 is 44.6 Å². The molecule has 1 amide bonds. The maximum Gasteiger partial charge on any atom is 0.416 e. The van der Waals surface area contributed by atoms with E-state index in [1.54, 1.807) is 18.0 Å². The van der Waals surface area contributed by atoms with Gasteiger partial charge in [0.15, 0.2) is 0 Å². The van der Waals surface area contributed by atoms with Crippen LogP contribution in [0.15, 0.2) is 59.9 Å². The van der Waals surface area contributed by atoms with E-state index in [1.807, 2.05) is 7.05 Å². The van der Waals surface area contributed by atoms with Crippen LogP contribution in [0.5, 0.6) is 0 Å². The standard InChI is InChI=1S/C30H33ClF4N6O3S/c1-40-11-9-20(16-40)29(42)41(2)26-13-19(18-4-3-5-21(12-18)30(33,34)35)6-7-24(26)38-25-15-23(32)27(14-22(25)31)45(43,44)39-28-8-10-36-17-37-28/h3-5,8,10,12,14-15,17,19-20,24,26,38H,6-7,9,11,13,16H2,1-2H3,(H,36,37,39)/t19-,20?,24-,26-/m0/s1. The number of aromatic nitrogens is 2. The molecule has 0 spiro atoms. The maximum atomic E-state index is 15.3. The van der Waals surface area contributed by atoms with Gasteiger partial charge in [-0.3, -0.25) is 9.52 Å². The molecule has 1 aromatic heterocycles. The number of likely N-dealkylation sites (tertiary alicyclic amines) is 1. The highest BCUT2D eigenvalue weighted by Crippen LogP contribution is 2.40. The molecule has 2 fully saturated rings. The van der Waals surface area contributed by atoms with E-state index in [2.05, 4.69) is 24.9 Å². The predicted molar refractivity (Wildman–Crippen MR) is 162 cm³/mol. The molecule has 5 rings (SSSR count). The summed E-state index contributed by atoms with van der Waals surface area (Å²) < 4.78 is 83.7. The number of hydrogen-bond acceptors (Lipinski definition) is 7. The van der Waals surface area contributed by atoms with Crippen molar-refractivity contribution in [1.82, 2.24) is 19.8 Å². The van der Waals surface area contributed by atoms with Gasteiger partial charge in [0, 0.05) is 25.8 Å². The van der Waals surface area contributed by atoms with E-state index in [1.165, 1.54) is 18.3 Å². The van der Waals surface area contributed by atoms with Gasteiger partial charge in [-0.1, -0.05) is 29.8 Å². The lowest BCUT2D eigenvalue weighted by Gasteiger charge is -2.43. The van der Waals surface area contributed by atoms with Gasteiger partial charge >= 0.3 is 6.18 Å². The van der Waals surface area contributed by atoms with Gasteiger partial charge in [0.05, 0.1) is 28.2 Å². The second-order valence-electron chi connectivity index (χ2n) is 11.6. The number of amides is 1. The summed E-state index contributed by atoms with van der Waals surface area (Å²) in [5, 5.41) is 3.15. The SMILES string of the molecule is CN1CCC(C(=O)N(C)[C@H]2C[C@@H](c3cccc(C(F)(F)F)c3)CC[C@@H]2Nc2cc(F)c(S(=O)(=O)Nc3ccncn3)cc2Cl)C1. The molecule has 4 atom stereocenters. The third-order valence-electron chi connectivity index (χ3n) is 8.56. The number of sulfonamides is 1. The zero-order chi connectivity index (χ0) is 32.5. The van der Waals surface area contributed by atoms with Crippen molar-refractivity contribution in [2.24, 2.45) is 5.92 Å². The van der Waals surface area contributed by atoms with Crippen LogP contribution in [0.2, 0.25) is 5.02 Å². The summed E-state index contributed by atoms with van der Waals surface area (Å²) in [5.41, 5.74) is -0.0737. The zero-order valence-electron chi connectivity index (χ0n) is 24.6. The van der Waals surface area contributed by atoms with Crippen LogP contribution < -0.4 is 10.0 Å². The molecule has 2 aliphatic rings. The first-order valence-electron chi connectivity index (χ1n) is 14.4. The van der Waals surface area contributed by atoms with E-state index in [4.69, 9.17) is 11.6 Å². The number of rotatable bonds is 8. The monoisotopic (exact) mass is 668 g/mol. The highest BCUT2D eigenvalue weighted by atomic mass is 35.5.